The minimum atomic E-state index is -1.12. The Morgan fingerprint density at radius 2 is 1.56 bits per heavy atom. The number of halogens is 2. The van der Waals surface area contributed by atoms with Crippen LogP contribution >= 0.6 is 7.92 Å². The Hall–Kier alpha value is -1.60. The van der Waals surface area contributed by atoms with E-state index in [1.807, 2.05) is 18.2 Å². The van der Waals surface area contributed by atoms with Crippen LogP contribution in [0.5, 0.6) is 0 Å². The van der Waals surface area contributed by atoms with Crippen LogP contribution in [0, 0.1) is 0 Å². The molecule has 0 saturated heterocycles. The van der Waals surface area contributed by atoms with Crippen LogP contribution in [0.3, 0.4) is 0 Å². The van der Waals surface area contributed by atoms with Gasteiger partial charge in [0.25, 0.3) is 0 Å². The zero-order chi connectivity index (χ0) is 17.4. The predicted molar refractivity (Wildman–Crippen MR) is 98.0 cm³/mol. The van der Waals surface area contributed by atoms with Gasteiger partial charge in [-0.25, -0.2) is 8.78 Å². The summed E-state index contributed by atoms with van der Waals surface area (Å²) in [6, 6.07) is 18.8. The van der Waals surface area contributed by atoms with Gasteiger partial charge in [0.1, 0.15) is 12.3 Å². The standard InChI is InChI=1S/C18H17OP.C3H4F2/c19-17-15-8-4-5-9-16(15)18(10-11-18)13-20(17)12-14-6-2-1-3-7-14;4-2-1-3(2)5/h1-9H,10-13H2;2-3H,1H2. The van der Waals surface area contributed by atoms with Crippen LogP contribution in [0.1, 0.15) is 40.7 Å². The first-order chi connectivity index (χ1) is 12.1. The smallest absolute Gasteiger partial charge is 0.184 e. The van der Waals surface area contributed by atoms with E-state index in [0.29, 0.717) is 10.9 Å². The maximum absolute atomic E-state index is 12.8. The van der Waals surface area contributed by atoms with E-state index >= 15 is 0 Å². The lowest BCUT2D eigenvalue weighted by atomic mass is 9.93. The van der Waals surface area contributed by atoms with Crippen molar-refractivity contribution in [1.82, 2.24) is 0 Å². The van der Waals surface area contributed by atoms with E-state index in [0.717, 1.165) is 17.9 Å². The van der Waals surface area contributed by atoms with Crippen molar-refractivity contribution in [3.63, 3.8) is 0 Å². The number of fused-ring (bicyclic) bond motifs is 2. The van der Waals surface area contributed by atoms with Gasteiger partial charge < -0.3 is 0 Å². The fourth-order valence-corrected chi connectivity index (χ4v) is 6.27. The number of carbonyl (C=O) groups is 1. The van der Waals surface area contributed by atoms with Crippen molar-refractivity contribution in [2.24, 2.45) is 0 Å². The van der Waals surface area contributed by atoms with Gasteiger partial charge in [-0.2, -0.15) is 0 Å². The lowest BCUT2D eigenvalue weighted by molar-refractivity contribution is 0.107. The molecule has 4 heteroatoms. The third-order valence-corrected chi connectivity index (χ3v) is 7.77. The van der Waals surface area contributed by atoms with Crippen LogP contribution < -0.4 is 0 Å². The Balaban J connectivity index is 0.000000272. The summed E-state index contributed by atoms with van der Waals surface area (Å²) in [5, 5.41) is 0. The van der Waals surface area contributed by atoms with E-state index in [-0.39, 0.29) is 6.42 Å². The number of hydrogen-bond acceptors (Lipinski definition) is 1. The normalized spacial score (nSPS) is 27.9. The van der Waals surface area contributed by atoms with E-state index in [1.165, 1.54) is 24.0 Å². The lowest BCUT2D eigenvalue weighted by Crippen LogP contribution is -2.24. The third-order valence-electron chi connectivity index (χ3n) is 5.22. The molecule has 0 amide bonds. The van der Waals surface area contributed by atoms with Crippen molar-refractivity contribution in [2.45, 2.75) is 43.2 Å². The second-order valence-corrected chi connectivity index (χ2v) is 9.36. The maximum atomic E-state index is 12.8. The van der Waals surface area contributed by atoms with Crippen molar-refractivity contribution in [3.8, 4) is 0 Å². The zero-order valence-corrected chi connectivity index (χ0v) is 14.9. The summed E-state index contributed by atoms with van der Waals surface area (Å²) < 4.78 is 22.3. The average molecular weight is 358 g/mol. The highest BCUT2D eigenvalue weighted by molar-refractivity contribution is 7.75. The van der Waals surface area contributed by atoms with E-state index in [9.17, 15) is 13.6 Å². The molecule has 1 spiro atoms. The Bertz CT molecular complexity index is 766. The van der Waals surface area contributed by atoms with Crippen molar-refractivity contribution in [3.05, 3.63) is 71.3 Å². The molecule has 5 rings (SSSR count). The van der Waals surface area contributed by atoms with Crippen LogP contribution in [0.25, 0.3) is 0 Å². The third kappa shape index (κ3) is 3.53. The topological polar surface area (TPSA) is 17.1 Å². The Morgan fingerprint density at radius 3 is 2.16 bits per heavy atom. The monoisotopic (exact) mass is 358 g/mol. The molecule has 1 nitrogen and oxygen atoms in total. The minimum Gasteiger partial charge on any atom is -0.289 e. The maximum Gasteiger partial charge on any atom is 0.184 e. The van der Waals surface area contributed by atoms with Gasteiger partial charge >= 0.3 is 0 Å². The summed E-state index contributed by atoms with van der Waals surface area (Å²) in [5.41, 5.74) is 4.42. The Labute approximate surface area is 148 Å². The lowest BCUT2D eigenvalue weighted by Gasteiger charge is -2.31. The zero-order valence-electron chi connectivity index (χ0n) is 14.0. The number of hydrogen-bond donors (Lipinski definition) is 0. The molecule has 0 N–H and O–H groups in total. The Kier molecular flexibility index (Phi) is 4.45. The molecule has 0 bridgehead atoms. The molecule has 3 atom stereocenters. The first-order valence-corrected chi connectivity index (χ1v) is 10.5. The van der Waals surface area contributed by atoms with Gasteiger partial charge in [-0.15, -0.1) is 0 Å². The Morgan fingerprint density at radius 1 is 0.960 bits per heavy atom. The van der Waals surface area contributed by atoms with Gasteiger partial charge in [0, 0.05) is 17.4 Å². The first kappa shape index (κ1) is 16.8. The van der Waals surface area contributed by atoms with Gasteiger partial charge in [0.05, 0.1) is 0 Å². The predicted octanol–water partition coefficient (Wildman–Crippen LogP) is 5.62. The van der Waals surface area contributed by atoms with Crippen molar-refractivity contribution in [1.29, 1.82) is 0 Å². The van der Waals surface area contributed by atoms with Crippen molar-refractivity contribution in [2.75, 3.05) is 6.16 Å². The van der Waals surface area contributed by atoms with E-state index in [4.69, 9.17) is 0 Å². The molecule has 2 saturated carbocycles. The highest BCUT2D eigenvalue weighted by Gasteiger charge is 2.51. The molecule has 0 radical (unpaired) electrons. The number of benzene rings is 2. The van der Waals surface area contributed by atoms with E-state index in [1.54, 1.807) is 0 Å². The van der Waals surface area contributed by atoms with Crippen LogP contribution in [0.4, 0.5) is 8.78 Å². The summed E-state index contributed by atoms with van der Waals surface area (Å²) >= 11 is 0. The molecule has 1 heterocycles. The van der Waals surface area contributed by atoms with Crippen LogP contribution in [-0.2, 0) is 11.6 Å². The molecule has 2 aromatic rings. The van der Waals surface area contributed by atoms with Crippen LogP contribution in [0.15, 0.2) is 54.6 Å². The highest BCUT2D eigenvalue weighted by Crippen LogP contribution is 2.62. The molecule has 3 aliphatic rings. The highest BCUT2D eigenvalue weighted by atomic mass is 31.1. The molecule has 2 aromatic carbocycles. The van der Waals surface area contributed by atoms with Gasteiger partial charge in [0.15, 0.2) is 5.52 Å². The molecule has 1 aliphatic heterocycles. The van der Waals surface area contributed by atoms with Crippen molar-refractivity contribution >= 4 is 13.4 Å². The van der Waals surface area contributed by atoms with Crippen LogP contribution in [0.2, 0.25) is 0 Å². The second kappa shape index (κ2) is 6.61. The summed E-state index contributed by atoms with van der Waals surface area (Å²) in [6.07, 6.45) is 2.50. The molecular weight excluding hydrogens is 337 g/mol. The summed E-state index contributed by atoms with van der Waals surface area (Å²) in [6.45, 7) is 0. The van der Waals surface area contributed by atoms with Gasteiger partial charge in [-0.1, -0.05) is 54.6 Å². The molecule has 2 fully saturated rings. The number of carbonyl (C=O) groups excluding carboxylic acids is 1. The molecule has 3 unspecified atom stereocenters. The molecule has 2 aliphatic carbocycles. The van der Waals surface area contributed by atoms with Gasteiger partial charge in [0.2, 0.25) is 0 Å². The number of alkyl halides is 2. The van der Waals surface area contributed by atoms with Crippen LogP contribution in [-0.4, -0.2) is 24.0 Å². The number of rotatable bonds is 2. The summed E-state index contributed by atoms with van der Waals surface area (Å²) in [5.74, 6) is 0. The first-order valence-electron chi connectivity index (χ1n) is 8.80. The summed E-state index contributed by atoms with van der Waals surface area (Å²) in [7, 11) is -0.560. The van der Waals surface area contributed by atoms with E-state index < -0.39 is 20.3 Å². The minimum absolute atomic E-state index is 0.139. The van der Waals surface area contributed by atoms with Gasteiger partial charge in [-0.3, -0.25) is 4.79 Å². The van der Waals surface area contributed by atoms with Crippen molar-refractivity contribution < 1.29 is 13.6 Å². The SMILES string of the molecule is FC1CC1F.O=C1c2ccccc2C2(CC2)CP1Cc1ccccc1. The van der Waals surface area contributed by atoms with E-state index in [2.05, 4.69) is 36.4 Å². The molecule has 130 valence electrons. The fourth-order valence-electron chi connectivity index (χ4n) is 3.47. The largest absolute Gasteiger partial charge is 0.289 e. The fraction of sp³-hybridized carbons (Fsp3) is 0.381. The molecule has 25 heavy (non-hydrogen) atoms. The molecule has 0 aromatic heterocycles. The molecular formula is C21H21F2OP. The van der Waals surface area contributed by atoms with Gasteiger partial charge in [-0.05, 0) is 44.2 Å². The average Bonchev–Trinajstić information content (AvgIpc) is 3.54. The summed E-state index contributed by atoms with van der Waals surface area (Å²) in [4.78, 5) is 12.8. The quantitative estimate of drug-likeness (QED) is 0.637. The second-order valence-electron chi connectivity index (χ2n) is 7.24.